The van der Waals surface area contributed by atoms with Gasteiger partial charge in [-0.15, -0.1) is 11.3 Å². The Morgan fingerprint density at radius 2 is 1.77 bits per heavy atom. The largest absolute Gasteiger partial charge is 0.508 e. The molecule has 3 aromatic carbocycles. The summed E-state index contributed by atoms with van der Waals surface area (Å²) in [6, 6.07) is 18.5. The number of aryl methyl sites for hydroxylation is 2. The quantitative estimate of drug-likeness (QED) is 0.0714. The van der Waals surface area contributed by atoms with Crippen molar-refractivity contribution in [3.8, 4) is 39.3 Å². The molecule has 2 unspecified atom stereocenters. The third kappa shape index (κ3) is 10.5. The second-order valence-corrected chi connectivity index (χ2v) is 23.9. The van der Waals surface area contributed by atoms with E-state index in [9.17, 15) is 19.8 Å². The topological polar surface area (TPSA) is 204 Å². The van der Waals surface area contributed by atoms with Gasteiger partial charge in [-0.3, -0.25) is 19.5 Å². The van der Waals surface area contributed by atoms with Crippen molar-refractivity contribution < 1.29 is 38.2 Å². The van der Waals surface area contributed by atoms with Gasteiger partial charge < -0.3 is 44.6 Å². The molecule has 4 aromatic heterocycles. The lowest BCUT2D eigenvalue weighted by Gasteiger charge is -2.51. The molecule has 2 bridgehead atoms. The molecular formula is C60H69FN10O7S. The first kappa shape index (κ1) is 52.9. The highest BCUT2D eigenvalue weighted by Gasteiger charge is 2.48. The van der Waals surface area contributed by atoms with E-state index in [0.29, 0.717) is 53.6 Å². The SMILES string of the molecule is CCc1cccc2cc(O)cc(-c3ncc4c(N5CC6CCC(C5)N6)nc(OCCN5CCC6(CC5)CC(Oc5cc([C@@H](C(=O)N7C[C@H](O)C[C@H]7C(=O)N[C@@H](C)c7ccc(-c8scnc8C)cc7)C(C)C)on5)C6)nc4c3F)c12. The number of aliphatic hydroxyl groups excluding tert-OH is 1. The molecule has 4 saturated heterocycles. The maximum Gasteiger partial charge on any atom is 0.319 e. The number of β-amino-alcohol motifs (C(OH)–C–C–N with tert-alkyl or cyclic N) is 1. The van der Waals surface area contributed by atoms with Crippen LogP contribution in [0.1, 0.15) is 107 Å². The molecule has 0 radical (unpaired) electrons. The minimum atomic E-state index is -0.842. The molecular weight excluding hydrogens is 1020 g/mol. The number of anilines is 1. The Hall–Kier alpha value is -6.80. The van der Waals surface area contributed by atoms with Gasteiger partial charge in [0.2, 0.25) is 11.8 Å². The predicted molar refractivity (Wildman–Crippen MR) is 300 cm³/mol. The van der Waals surface area contributed by atoms with Gasteiger partial charge in [-0.25, -0.2) is 9.37 Å². The van der Waals surface area contributed by atoms with E-state index in [0.717, 1.165) is 109 Å². The van der Waals surface area contributed by atoms with E-state index in [1.54, 1.807) is 35.7 Å². The number of nitrogens with one attached hydrogen (secondary N) is 2. The summed E-state index contributed by atoms with van der Waals surface area (Å²) in [5.74, 6) is -0.767. The number of aromatic nitrogens is 5. The number of phenols is 1. The van der Waals surface area contributed by atoms with Crippen molar-refractivity contribution in [2.45, 2.75) is 128 Å². The van der Waals surface area contributed by atoms with Crippen LogP contribution in [-0.4, -0.2) is 133 Å². The highest BCUT2D eigenvalue weighted by atomic mass is 32.1. The van der Waals surface area contributed by atoms with E-state index < -0.39 is 23.9 Å². The number of benzene rings is 3. The number of hydrogen-bond donors (Lipinski definition) is 4. The maximum absolute atomic E-state index is 17.1. The van der Waals surface area contributed by atoms with Crippen molar-refractivity contribution in [3.05, 3.63) is 101 Å². The van der Waals surface area contributed by atoms with Crippen molar-refractivity contribution in [3.63, 3.8) is 0 Å². The number of carbonyl (C=O) groups is 2. The van der Waals surface area contributed by atoms with Gasteiger partial charge in [-0.05, 0) is 128 Å². The second kappa shape index (κ2) is 21.7. The molecule has 8 heterocycles. The van der Waals surface area contributed by atoms with Crippen molar-refractivity contribution in [2.75, 3.05) is 50.8 Å². The molecule has 7 aromatic rings. The normalized spacial score (nSPS) is 22.0. The van der Waals surface area contributed by atoms with Crippen LogP contribution in [0.4, 0.5) is 10.2 Å². The number of halogens is 1. The van der Waals surface area contributed by atoms with E-state index in [2.05, 4.69) is 37.5 Å². The van der Waals surface area contributed by atoms with Crippen LogP contribution >= 0.6 is 11.3 Å². The lowest BCUT2D eigenvalue weighted by atomic mass is 9.61. The standard InChI is InChI=1S/C60H69FN10O7S/c1-6-36-8-7-9-39-22-42(72)23-45(51(36)39)53-52(61)54-46(28-62-53)56(70-29-40-14-15-41(30-70)65-40)67-59(66-54)76-21-20-69-18-16-60(17-19-69)26-44(27-60)77-49-25-48(78-68-49)50(33(2)3)58(75)71-31-43(73)24-47(71)57(74)64-34(4)37-10-12-38(13-11-37)55-35(5)63-32-79-55/h7-13,22-23,25,28,32-34,40-41,43-44,47,50,65,72-73H,6,14-21,24,26-27,29-31H2,1-5H3,(H,64,74)/t34-,40?,41?,43+,47-,50-/m0/s1. The number of phenolic OH excluding ortho intramolecular Hbond substituents is 1. The van der Waals surface area contributed by atoms with E-state index >= 15 is 4.39 Å². The van der Waals surface area contributed by atoms with Gasteiger partial charge in [-0.2, -0.15) is 9.97 Å². The van der Waals surface area contributed by atoms with Crippen LogP contribution in [0, 0.1) is 24.1 Å². The van der Waals surface area contributed by atoms with E-state index in [1.807, 2.05) is 75.7 Å². The highest BCUT2D eigenvalue weighted by molar-refractivity contribution is 7.13. The molecule has 4 aliphatic heterocycles. The van der Waals surface area contributed by atoms with Gasteiger partial charge in [0.25, 0.3) is 5.88 Å². The van der Waals surface area contributed by atoms with E-state index in [1.165, 1.54) is 4.90 Å². The average molecular weight is 1090 g/mol. The molecule has 1 aliphatic carbocycles. The molecule has 17 nitrogen and oxygen atoms in total. The Morgan fingerprint density at radius 3 is 2.49 bits per heavy atom. The van der Waals surface area contributed by atoms with Gasteiger partial charge in [0.15, 0.2) is 11.6 Å². The number of fused-ring (bicyclic) bond motifs is 4. The number of nitrogens with zero attached hydrogens (tertiary/aromatic N) is 8. The summed E-state index contributed by atoms with van der Waals surface area (Å²) in [5.41, 5.74) is 6.76. The van der Waals surface area contributed by atoms with Crippen LogP contribution in [0.15, 0.2) is 76.9 Å². The number of piperazine rings is 1. The van der Waals surface area contributed by atoms with Crippen molar-refractivity contribution >= 4 is 50.6 Å². The molecule has 12 rings (SSSR count). The Morgan fingerprint density at radius 1 is 1.00 bits per heavy atom. The highest BCUT2D eigenvalue weighted by Crippen LogP contribution is 2.50. The summed E-state index contributed by atoms with van der Waals surface area (Å²) in [7, 11) is 0. The number of aromatic hydroxyl groups is 1. The number of ether oxygens (including phenoxy) is 2. The molecule has 2 amide bonds. The Kier molecular flexibility index (Phi) is 14.5. The minimum absolute atomic E-state index is 0.0365. The fraction of sp³-hybridized carbons (Fsp3) is 0.483. The Labute approximate surface area is 462 Å². The first-order chi connectivity index (χ1) is 38.2. The number of rotatable bonds is 16. The van der Waals surface area contributed by atoms with Crippen LogP contribution in [0.3, 0.4) is 0 Å². The summed E-state index contributed by atoms with van der Waals surface area (Å²) in [5, 5.41) is 34.8. The summed E-state index contributed by atoms with van der Waals surface area (Å²) >= 11 is 1.59. The number of piperidine rings is 1. The first-order valence-electron chi connectivity index (χ1n) is 28.1. The molecule has 4 N–H and O–H groups in total. The van der Waals surface area contributed by atoms with E-state index in [-0.39, 0.29) is 71.2 Å². The number of hydrogen-bond acceptors (Lipinski definition) is 16. The number of carbonyl (C=O) groups excluding carboxylic acids is 2. The fourth-order valence-electron chi connectivity index (χ4n) is 13.1. The van der Waals surface area contributed by atoms with Gasteiger partial charge in [0.05, 0.1) is 33.6 Å². The molecule has 5 fully saturated rings. The fourth-order valence-corrected chi connectivity index (χ4v) is 13.9. The van der Waals surface area contributed by atoms with Crippen LogP contribution in [0.5, 0.6) is 17.6 Å². The zero-order valence-corrected chi connectivity index (χ0v) is 46.3. The van der Waals surface area contributed by atoms with Gasteiger partial charge >= 0.3 is 6.01 Å². The average Bonchev–Trinajstić information content (AvgIpc) is 4.29. The smallest absolute Gasteiger partial charge is 0.319 e. The Bertz CT molecular complexity index is 3380. The van der Waals surface area contributed by atoms with Crippen molar-refractivity contribution in [1.82, 2.24) is 45.5 Å². The second-order valence-electron chi connectivity index (χ2n) is 23.1. The summed E-state index contributed by atoms with van der Waals surface area (Å²) in [6.45, 7) is 14.1. The van der Waals surface area contributed by atoms with Crippen LogP contribution in [0.2, 0.25) is 0 Å². The summed E-state index contributed by atoms with van der Waals surface area (Å²) in [6.07, 6.45) is 7.58. The third-order valence-corrected chi connectivity index (χ3v) is 18.4. The molecule has 5 aliphatic rings. The molecule has 19 heteroatoms. The number of aliphatic hydroxyl groups is 1. The number of thiazole rings is 1. The molecule has 414 valence electrons. The molecule has 79 heavy (non-hydrogen) atoms. The number of amides is 2. The van der Waals surface area contributed by atoms with Crippen LogP contribution in [0.25, 0.3) is 43.4 Å². The van der Waals surface area contributed by atoms with Crippen molar-refractivity contribution in [2.24, 2.45) is 11.3 Å². The van der Waals surface area contributed by atoms with Gasteiger partial charge in [0, 0.05) is 62.5 Å². The van der Waals surface area contributed by atoms with Crippen LogP contribution in [-0.2, 0) is 16.0 Å². The minimum Gasteiger partial charge on any atom is -0.508 e. The summed E-state index contributed by atoms with van der Waals surface area (Å²) in [4.78, 5) is 54.1. The zero-order chi connectivity index (χ0) is 54.7. The predicted octanol–water partition coefficient (Wildman–Crippen LogP) is 8.89. The first-order valence-corrected chi connectivity index (χ1v) is 29.0. The summed E-state index contributed by atoms with van der Waals surface area (Å²) < 4.78 is 35.7. The zero-order valence-electron chi connectivity index (χ0n) is 45.5. The number of pyridine rings is 1. The van der Waals surface area contributed by atoms with E-state index in [4.69, 9.17) is 28.9 Å². The van der Waals surface area contributed by atoms with Gasteiger partial charge in [-0.1, -0.05) is 63.2 Å². The lowest BCUT2D eigenvalue weighted by molar-refractivity contribution is -0.141. The lowest BCUT2D eigenvalue weighted by Crippen LogP contribution is -2.51. The van der Waals surface area contributed by atoms with Crippen molar-refractivity contribution in [1.29, 1.82) is 0 Å². The van der Waals surface area contributed by atoms with Crippen LogP contribution < -0.4 is 25.0 Å². The third-order valence-electron chi connectivity index (χ3n) is 17.4. The molecule has 6 atom stereocenters. The maximum atomic E-state index is 17.1. The Balaban J connectivity index is 0.657. The molecule has 1 saturated carbocycles. The molecule has 1 spiro atoms. The monoisotopic (exact) mass is 1090 g/mol. The number of likely N-dealkylation sites (tertiary alicyclic amines) is 2. The van der Waals surface area contributed by atoms with Gasteiger partial charge in [0.1, 0.15) is 47.4 Å².